The highest BCUT2D eigenvalue weighted by molar-refractivity contribution is 9.10. The highest BCUT2D eigenvalue weighted by Gasteiger charge is 2.37. The summed E-state index contributed by atoms with van der Waals surface area (Å²) >= 11 is 3.29. The van der Waals surface area contributed by atoms with Crippen molar-refractivity contribution in [3.63, 3.8) is 0 Å². The van der Waals surface area contributed by atoms with Gasteiger partial charge in [0.05, 0.1) is 4.83 Å². The van der Waals surface area contributed by atoms with Crippen LogP contribution in [0.1, 0.15) is 26.2 Å². The zero-order valence-electron chi connectivity index (χ0n) is 8.50. The van der Waals surface area contributed by atoms with Crippen LogP contribution in [0.25, 0.3) is 0 Å². The SMILES string of the molecule is CC(Br)C(=O)NC1CCN2CCCC12. The zero-order chi connectivity index (χ0) is 10.1. The monoisotopic (exact) mass is 260 g/mol. The maximum Gasteiger partial charge on any atom is 0.233 e. The number of alkyl halides is 1. The van der Waals surface area contributed by atoms with E-state index < -0.39 is 0 Å². The average molecular weight is 261 g/mol. The van der Waals surface area contributed by atoms with E-state index in [2.05, 4.69) is 26.1 Å². The topological polar surface area (TPSA) is 32.3 Å². The lowest BCUT2D eigenvalue weighted by molar-refractivity contribution is -0.121. The molecule has 0 aliphatic carbocycles. The first kappa shape index (κ1) is 10.4. The molecule has 3 unspecified atom stereocenters. The summed E-state index contributed by atoms with van der Waals surface area (Å²) in [4.78, 5) is 13.9. The molecule has 0 spiro atoms. The van der Waals surface area contributed by atoms with E-state index in [0.29, 0.717) is 12.1 Å². The first-order valence-corrected chi connectivity index (χ1v) is 6.28. The molecule has 80 valence electrons. The minimum absolute atomic E-state index is 0.0713. The lowest BCUT2D eigenvalue weighted by Crippen LogP contribution is -2.44. The van der Waals surface area contributed by atoms with Crippen LogP contribution in [-0.2, 0) is 4.79 Å². The van der Waals surface area contributed by atoms with Gasteiger partial charge < -0.3 is 5.32 Å². The van der Waals surface area contributed by atoms with E-state index in [1.54, 1.807) is 0 Å². The molecule has 2 heterocycles. The van der Waals surface area contributed by atoms with Gasteiger partial charge in [-0.1, -0.05) is 15.9 Å². The Labute approximate surface area is 93.4 Å². The van der Waals surface area contributed by atoms with E-state index in [1.807, 2.05) is 6.92 Å². The minimum Gasteiger partial charge on any atom is -0.351 e. The summed E-state index contributed by atoms with van der Waals surface area (Å²) in [6.07, 6.45) is 3.67. The van der Waals surface area contributed by atoms with Gasteiger partial charge >= 0.3 is 0 Å². The number of nitrogens with zero attached hydrogens (tertiary/aromatic N) is 1. The van der Waals surface area contributed by atoms with E-state index >= 15 is 0 Å². The lowest BCUT2D eigenvalue weighted by Gasteiger charge is -2.21. The molecule has 0 radical (unpaired) electrons. The molecule has 1 N–H and O–H groups in total. The molecule has 2 aliphatic rings. The van der Waals surface area contributed by atoms with Crippen LogP contribution < -0.4 is 5.32 Å². The summed E-state index contributed by atoms with van der Waals surface area (Å²) in [5.41, 5.74) is 0. The predicted molar refractivity (Wildman–Crippen MR) is 59.5 cm³/mol. The number of rotatable bonds is 2. The Morgan fingerprint density at radius 1 is 1.50 bits per heavy atom. The third kappa shape index (κ3) is 1.96. The fourth-order valence-corrected chi connectivity index (χ4v) is 2.68. The van der Waals surface area contributed by atoms with E-state index in [1.165, 1.54) is 19.4 Å². The van der Waals surface area contributed by atoms with Gasteiger partial charge in [0.25, 0.3) is 0 Å². The number of carbonyl (C=O) groups excluding carboxylic acids is 1. The highest BCUT2D eigenvalue weighted by atomic mass is 79.9. The summed E-state index contributed by atoms with van der Waals surface area (Å²) < 4.78 is 0. The van der Waals surface area contributed by atoms with Crippen molar-refractivity contribution in [1.29, 1.82) is 0 Å². The van der Waals surface area contributed by atoms with Gasteiger partial charge in [-0.05, 0) is 32.7 Å². The molecule has 1 amide bonds. The number of carbonyl (C=O) groups is 1. The Balaban J connectivity index is 1.90. The lowest BCUT2D eigenvalue weighted by atomic mass is 10.1. The van der Waals surface area contributed by atoms with Crippen molar-refractivity contribution in [3.8, 4) is 0 Å². The largest absolute Gasteiger partial charge is 0.351 e. The highest BCUT2D eigenvalue weighted by Crippen LogP contribution is 2.27. The average Bonchev–Trinajstić information content (AvgIpc) is 2.69. The van der Waals surface area contributed by atoms with Gasteiger partial charge in [-0.2, -0.15) is 0 Å². The maximum absolute atomic E-state index is 11.5. The molecule has 2 aliphatic heterocycles. The fourth-order valence-electron chi connectivity index (χ4n) is 2.55. The molecule has 2 fully saturated rings. The predicted octanol–water partition coefficient (Wildman–Crippen LogP) is 1.12. The Morgan fingerprint density at radius 2 is 2.29 bits per heavy atom. The molecule has 0 aromatic rings. The number of hydrogen-bond donors (Lipinski definition) is 1. The molecule has 14 heavy (non-hydrogen) atoms. The minimum atomic E-state index is -0.0713. The summed E-state index contributed by atoms with van der Waals surface area (Å²) in [5, 5.41) is 3.12. The Morgan fingerprint density at radius 3 is 3.00 bits per heavy atom. The molecule has 0 aromatic heterocycles. The molecule has 4 heteroatoms. The van der Waals surface area contributed by atoms with Crippen LogP contribution in [-0.4, -0.2) is 40.8 Å². The van der Waals surface area contributed by atoms with Gasteiger partial charge in [0.1, 0.15) is 0 Å². The second-order valence-corrected chi connectivity index (χ2v) is 5.64. The van der Waals surface area contributed by atoms with Crippen molar-refractivity contribution in [1.82, 2.24) is 10.2 Å². The van der Waals surface area contributed by atoms with E-state index in [4.69, 9.17) is 0 Å². The summed E-state index contributed by atoms with van der Waals surface area (Å²) in [7, 11) is 0. The van der Waals surface area contributed by atoms with Crippen LogP contribution >= 0.6 is 15.9 Å². The van der Waals surface area contributed by atoms with Gasteiger partial charge in [-0.15, -0.1) is 0 Å². The first-order chi connectivity index (χ1) is 6.68. The van der Waals surface area contributed by atoms with Crippen LogP contribution in [0, 0.1) is 0 Å². The Hall–Kier alpha value is -0.0900. The number of fused-ring (bicyclic) bond motifs is 1. The molecule has 3 nitrogen and oxygen atoms in total. The number of nitrogens with one attached hydrogen (secondary N) is 1. The van der Waals surface area contributed by atoms with Gasteiger partial charge in [-0.3, -0.25) is 9.69 Å². The van der Waals surface area contributed by atoms with Crippen molar-refractivity contribution >= 4 is 21.8 Å². The van der Waals surface area contributed by atoms with Crippen molar-refractivity contribution in [2.45, 2.75) is 43.1 Å². The fraction of sp³-hybridized carbons (Fsp3) is 0.900. The van der Waals surface area contributed by atoms with Gasteiger partial charge in [0.2, 0.25) is 5.91 Å². The van der Waals surface area contributed by atoms with Crippen molar-refractivity contribution in [2.24, 2.45) is 0 Å². The van der Waals surface area contributed by atoms with E-state index in [9.17, 15) is 4.79 Å². The Bertz CT molecular complexity index is 232. The van der Waals surface area contributed by atoms with Crippen LogP contribution in [0.5, 0.6) is 0 Å². The van der Waals surface area contributed by atoms with Crippen LogP contribution in [0.4, 0.5) is 0 Å². The number of halogens is 1. The van der Waals surface area contributed by atoms with Gasteiger partial charge in [-0.25, -0.2) is 0 Å². The molecule has 3 atom stereocenters. The second-order valence-electron chi connectivity index (χ2n) is 4.27. The normalized spacial score (nSPS) is 34.1. The standard InChI is InChI=1S/C10H17BrN2O/c1-7(11)10(14)12-8-4-6-13-5-2-3-9(8)13/h7-9H,2-6H2,1H3,(H,12,14). The van der Waals surface area contributed by atoms with Crippen LogP contribution in [0.3, 0.4) is 0 Å². The second kappa shape index (κ2) is 4.19. The van der Waals surface area contributed by atoms with Gasteiger partial charge in [0.15, 0.2) is 0 Å². The van der Waals surface area contributed by atoms with Gasteiger partial charge in [0, 0.05) is 18.6 Å². The molecule has 0 bridgehead atoms. The molecule has 2 saturated heterocycles. The number of hydrogen-bond acceptors (Lipinski definition) is 2. The van der Waals surface area contributed by atoms with E-state index in [-0.39, 0.29) is 10.7 Å². The van der Waals surface area contributed by atoms with Crippen molar-refractivity contribution in [2.75, 3.05) is 13.1 Å². The molecule has 2 rings (SSSR count). The summed E-state index contributed by atoms with van der Waals surface area (Å²) in [6.45, 7) is 4.25. The van der Waals surface area contributed by atoms with Crippen molar-refractivity contribution < 1.29 is 4.79 Å². The first-order valence-electron chi connectivity index (χ1n) is 5.37. The summed E-state index contributed by atoms with van der Waals surface area (Å²) in [6, 6.07) is 1.01. The molecular formula is C10H17BrN2O. The zero-order valence-corrected chi connectivity index (χ0v) is 10.1. The third-order valence-corrected chi connectivity index (χ3v) is 3.71. The number of amides is 1. The third-order valence-electron chi connectivity index (χ3n) is 3.29. The summed E-state index contributed by atoms with van der Waals surface area (Å²) in [5.74, 6) is 0.128. The molecular weight excluding hydrogens is 244 g/mol. The van der Waals surface area contributed by atoms with Crippen LogP contribution in [0.15, 0.2) is 0 Å². The Kier molecular flexibility index (Phi) is 3.12. The smallest absolute Gasteiger partial charge is 0.233 e. The van der Waals surface area contributed by atoms with Crippen molar-refractivity contribution in [3.05, 3.63) is 0 Å². The van der Waals surface area contributed by atoms with Crippen LogP contribution in [0.2, 0.25) is 0 Å². The quantitative estimate of drug-likeness (QED) is 0.755. The molecule has 0 aromatic carbocycles. The molecule has 0 saturated carbocycles. The maximum atomic E-state index is 11.5. The van der Waals surface area contributed by atoms with E-state index in [0.717, 1.165) is 13.0 Å².